The molecule has 1 amide bonds. The Balaban J connectivity index is 1.81. The summed E-state index contributed by atoms with van der Waals surface area (Å²) in [6, 6.07) is 9.17. The number of carbonyl (C=O) groups is 1. The Bertz CT molecular complexity index is 832. The fraction of sp³-hybridized carbons (Fsp3) is 0.375. The quantitative estimate of drug-likeness (QED) is 0.918. The van der Waals surface area contributed by atoms with Gasteiger partial charge in [-0.05, 0) is 37.8 Å². The summed E-state index contributed by atoms with van der Waals surface area (Å²) in [6.07, 6.45) is 3.26. The molecule has 1 aliphatic rings. The number of nitrogens with zero attached hydrogens (tertiary/aromatic N) is 3. The molecule has 6 heteroatoms. The standard InChI is InChI=1S/C16H16N4O2/c1-16(9-17,11-6-7-11)19-14(21)8-20-10-18-13-5-3-2-4-12(13)15(20)22/h2-5,10-11H,6-8H2,1H3,(H,19,21)/t16-/m0/s1. The highest BCUT2D eigenvalue weighted by Gasteiger charge is 2.42. The number of para-hydroxylation sites is 1. The lowest BCUT2D eigenvalue weighted by atomic mass is 9.98. The van der Waals surface area contributed by atoms with Crippen LogP contribution < -0.4 is 10.9 Å². The van der Waals surface area contributed by atoms with Crippen LogP contribution in [-0.4, -0.2) is 21.0 Å². The Kier molecular flexibility index (Phi) is 3.41. The molecule has 2 aromatic rings. The van der Waals surface area contributed by atoms with E-state index in [4.69, 9.17) is 0 Å². The summed E-state index contributed by atoms with van der Waals surface area (Å²) in [5.41, 5.74) is -0.514. The molecule has 0 bridgehead atoms. The number of nitriles is 1. The molecule has 3 rings (SSSR count). The third-order valence-corrected chi connectivity index (χ3v) is 4.07. The Morgan fingerprint density at radius 3 is 2.91 bits per heavy atom. The lowest BCUT2D eigenvalue weighted by molar-refractivity contribution is -0.123. The van der Waals surface area contributed by atoms with Gasteiger partial charge < -0.3 is 5.32 Å². The van der Waals surface area contributed by atoms with E-state index >= 15 is 0 Å². The zero-order valence-corrected chi connectivity index (χ0v) is 12.2. The Hall–Kier alpha value is -2.68. The molecule has 112 valence electrons. The third-order valence-electron chi connectivity index (χ3n) is 4.07. The van der Waals surface area contributed by atoms with Crippen LogP contribution >= 0.6 is 0 Å². The van der Waals surface area contributed by atoms with E-state index in [1.54, 1.807) is 31.2 Å². The molecule has 6 nitrogen and oxygen atoms in total. The van der Waals surface area contributed by atoms with Gasteiger partial charge in [-0.1, -0.05) is 12.1 Å². The average Bonchev–Trinajstić information content (AvgIpc) is 3.35. The zero-order chi connectivity index (χ0) is 15.7. The lowest BCUT2D eigenvalue weighted by Crippen LogP contribution is -2.48. The zero-order valence-electron chi connectivity index (χ0n) is 12.2. The normalized spacial score (nSPS) is 16.7. The minimum atomic E-state index is -0.856. The first-order chi connectivity index (χ1) is 10.5. The first kappa shape index (κ1) is 14.3. The minimum Gasteiger partial charge on any atom is -0.336 e. The van der Waals surface area contributed by atoms with Crippen LogP contribution in [0.15, 0.2) is 35.4 Å². The molecule has 0 spiro atoms. The van der Waals surface area contributed by atoms with E-state index in [0.29, 0.717) is 10.9 Å². The second-order valence-electron chi connectivity index (χ2n) is 5.83. The van der Waals surface area contributed by atoms with Crippen molar-refractivity contribution in [2.45, 2.75) is 31.8 Å². The number of hydrogen-bond donors (Lipinski definition) is 1. The van der Waals surface area contributed by atoms with Gasteiger partial charge >= 0.3 is 0 Å². The maximum absolute atomic E-state index is 12.3. The second kappa shape index (κ2) is 5.26. The molecule has 1 aromatic carbocycles. The van der Waals surface area contributed by atoms with Crippen molar-refractivity contribution in [3.05, 3.63) is 40.9 Å². The lowest BCUT2D eigenvalue weighted by Gasteiger charge is -2.23. The molecule has 1 fully saturated rings. The number of amides is 1. The smallest absolute Gasteiger partial charge is 0.261 e. The third kappa shape index (κ3) is 2.58. The van der Waals surface area contributed by atoms with Crippen LogP contribution in [-0.2, 0) is 11.3 Å². The summed E-state index contributed by atoms with van der Waals surface area (Å²) in [5, 5.41) is 12.5. The predicted octanol–water partition coefficient (Wildman–Crippen LogP) is 1.20. The van der Waals surface area contributed by atoms with E-state index < -0.39 is 5.54 Å². The molecule has 1 aliphatic carbocycles. The predicted molar refractivity (Wildman–Crippen MR) is 80.9 cm³/mol. The van der Waals surface area contributed by atoms with Gasteiger partial charge in [0, 0.05) is 0 Å². The van der Waals surface area contributed by atoms with E-state index in [1.165, 1.54) is 10.9 Å². The van der Waals surface area contributed by atoms with Gasteiger partial charge in [-0.2, -0.15) is 5.26 Å². The van der Waals surface area contributed by atoms with Gasteiger partial charge in [0.25, 0.3) is 5.56 Å². The molecule has 1 N–H and O–H groups in total. The number of hydrogen-bond acceptors (Lipinski definition) is 4. The molecule has 22 heavy (non-hydrogen) atoms. The van der Waals surface area contributed by atoms with Crippen molar-refractivity contribution in [2.75, 3.05) is 0 Å². The van der Waals surface area contributed by atoms with E-state index in [9.17, 15) is 14.9 Å². The SMILES string of the molecule is C[C@@](C#N)(NC(=O)Cn1cnc2ccccc2c1=O)C1CC1. The molecular weight excluding hydrogens is 280 g/mol. The van der Waals surface area contributed by atoms with Gasteiger partial charge in [0.1, 0.15) is 12.1 Å². The van der Waals surface area contributed by atoms with Gasteiger partial charge in [0.05, 0.1) is 23.3 Å². The van der Waals surface area contributed by atoms with Gasteiger partial charge in [0.15, 0.2) is 0 Å². The fourth-order valence-electron chi connectivity index (χ4n) is 2.58. The fourth-order valence-corrected chi connectivity index (χ4v) is 2.58. The summed E-state index contributed by atoms with van der Waals surface area (Å²) in [7, 11) is 0. The van der Waals surface area contributed by atoms with Gasteiger partial charge in [-0.3, -0.25) is 14.2 Å². The molecule has 0 aliphatic heterocycles. The molecule has 1 saturated carbocycles. The summed E-state index contributed by atoms with van der Waals surface area (Å²) in [5.74, 6) is -0.150. The number of carbonyl (C=O) groups excluding carboxylic acids is 1. The molecule has 0 unspecified atom stereocenters. The van der Waals surface area contributed by atoms with Crippen molar-refractivity contribution in [2.24, 2.45) is 5.92 Å². The number of fused-ring (bicyclic) bond motifs is 1. The van der Waals surface area contributed by atoms with E-state index in [-0.39, 0.29) is 23.9 Å². The van der Waals surface area contributed by atoms with Crippen molar-refractivity contribution in [1.29, 1.82) is 5.26 Å². The topological polar surface area (TPSA) is 87.8 Å². The first-order valence-electron chi connectivity index (χ1n) is 7.20. The highest BCUT2D eigenvalue weighted by molar-refractivity contribution is 5.79. The van der Waals surface area contributed by atoms with E-state index in [2.05, 4.69) is 16.4 Å². The number of rotatable bonds is 4. The maximum atomic E-state index is 12.3. The number of aromatic nitrogens is 2. The first-order valence-corrected chi connectivity index (χ1v) is 7.20. The summed E-state index contributed by atoms with van der Waals surface area (Å²) in [4.78, 5) is 28.7. The van der Waals surface area contributed by atoms with Crippen LogP contribution in [0.4, 0.5) is 0 Å². The molecule has 1 atom stereocenters. The maximum Gasteiger partial charge on any atom is 0.261 e. The van der Waals surface area contributed by atoms with Crippen molar-refractivity contribution in [3.8, 4) is 6.07 Å². The minimum absolute atomic E-state index is 0.138. The Morgan fingerprint density at radius 1 is 1.50 bits per heavy atom. The van der Waals surface area contributed by atoms with Gasteiger partial charge in [-0.25, -0.2) is 4.98 Å². The van der Waals surface area contributed by atoms with Crippen LogP contribution in [0, 0.1) is 17.2 Å². The molecular formula is C16H16N4O2. The molecule has 1 heterocycles. The Morgan fingerprint density at radius 2 is 2.23 bits per heavy atom. The summed E-state index contributed by atoms with van der Waals surface area (Å²) >= 11 is 0. The number of benzene rings is 1. The van der Waals surface area contributed by atoms with Crippen LogP contribution in [0.25, 0.3) is 10.9 Å². The highest BCUT2D eigenvalue weighted by atomic mass is 16.2. The van der Waals surface area contributed by atoms with Crippen LogP contribution in [0.3, 0.4) is 0 Å². The van der Waals surface area contributed by atoms with E-state index in [1.807, 2.05) is 0 Å². The summed E-state index contributed by atoms with van der Waals surface area (Å²) < 4.78 is 1.27. The monoisotopic (exact) mass is 296 g/mol. The van der Waals surface area contributed by atoms with Crippen molar-refractivity contribution >= 4 is 16.8 Å². The van der Waals surface area contributed by atoms with Crippen molar-refractivity contribution in [3.63, 3.8) is 0 Å². The van der Waals surface area contributed by atoms with Crippen molar-refractivity contribution < 1.29 is 4.79 Å². The average molecular weight is 296 g/mol. The Labute approximate surface area is 127 Å². The van der Waals surface area contributed by atoms with Crippen LogP contribution in [0.1, 0.15) is 19.8 Å². The summed E-state index contributed by atoms with van der Waals surface area (Å²) in [6.45, 7) is 1.59. The molecule has 1 aromatic heterocycles. The molecule has 0 radical (unpaired) electrons. The van der Waals surface area contributed by atoms with Gasteiger partial charge in [0.2, 0.25) is 5.91 Å². The molecule has 0 saturated heterocycles. The van der Waals surface area contributed by atoms with Crippen LogP contribution in [0.5, 0.6) is 0 Å². The van der Waals surface area contributed by atoms with E-state index in [0.717, 1.165) is 12.8 Å². The highest BCUT2D eigenvalue weighted by Crippen LogP contribution is 2.39. The van der Waals surface area contributed by atoms with Crippen LogP contribution in [0.2, 0.25) is 0 Å². The second-order valence-corrected chi connectivity index (χ2v) is 5.83. The van der Waals surface area contributed by atoms with Gasteiger partial charge in [-0.15, -0.1) is 0 Å². The van der Waals surface area contributed by atoms with Crippen molar-refractivity contribution in [1.82, 2.24) is 14.9 Å². The number of nitrogens with one attached hydrogen (secondary N) is 1. The largest absolute Gasteiger partial charge is 0.336 e.